The monoisotopic (exact) mass is 243 g/mol. The summed E-state index contributed by atoms with van der Waals surface area (Å²) in [5.41, 5.74) is 0.905. The van der Waals surface area contributed by atoms with Crippen LogP contribution >= 0.6 is 0 Å². The Morgan fingerprint density at radius 1 is 1.50 bits per heavy atom. The van der Waals surface area contributed by atoms with Gasteiger partial charge in [0, 0.05) is 18.0 Å². The molecule has 2 rings (SSSR count). The first-order chi connectivity index (χ1) is 7.45. The molecule has 16 heavy (non-hydrogen) atoms. The van der Waals surface area contributed by atoms with Crippen LogP contribution in [0.1, 0.15) is 44.3 Å². The van der Waals surface area contributed by atoms with Crippen molar-refractivity contribution in [1.29, 1.82) is 0 Å². The van der Waals surface area contributed by atoms with E-state index in [0.29, 0.717) is 5.92 Å². The molecule has 1 aromatic rings. The summed E-state index contributed by atoms with van der Waals surface area (Å²) >= 11 is 0. The average molecular weight is 243 g/mol. The SMILES string of the molecule is CNS(=O)(=O)c1cc(C2CC2)nn1C(C)C. The van der Waals surface area contributed by atoms with Crippen molar-refractivity contribution in [2.75, 3.05) is 7.05 Å². The van der Waals surface area contributed by atoms with E-state index in [9.17, 15) is 8.42 Å². The van der Waals surface area contributed by atoms with Crippen LogP contribution in [0.5, 0.6) is 0 Å². The largest absolute Gasteiger partial charge is 0.257 e. The van der Waals surface area contributed by atoms with Crippen LogP contribution in [-0.2, 0) is 10.0 Å². The fourth-order valence-corrected chi connectivity index (χ4v) is 2.63. The molecule has 0 amide bonds. The van der Waals surface area contributed by atoms with E-state index in [0.717, 1.165) is 18.5 Å². The summed E-state index contributed by atoms with van der Waals surface area (Å²) in [6.07, 6.45) is 2.24. The van der Waals surface area contributed by atoms with Gasteiger partial charge in [-0.15, -0.1) is 0 Å². The maximum Gasteiger partial charge on any atom is 0.257 e. The molecule has 0 saturated heterocycles. The summed E-state index contributed by atoms with van der Waals surface area (Å²) in [6.45, 7) is 3.86. The van der Waals surface area contributed by atoms with Gasteiger partial charge in [0.2, 0.25) is 0 Å². The molecule has 0 aliphatic heterocycles. The smallest absolute Gasteiger partial charge is 0.250 e. The highest BCUT2D eigenvalue weighted by Crippen LogP contribution is 2.40. The van der Waals surface area contributed by atoms with Gasteiger partial charge in [-0.25, -0.2) is 13.1 Å². The van der Waals surface area contributed by atoms with E-state index in [1.54, 1.807) is 10.7 Å². The van der Waals surface area contributed by atoms with Crippen LogP contribution < -0.4 is 4.72 Å². The molecular formula is C10H17N3O2S. The van der Waals surface area contributed by atoms with Gasteiger partial charge in [-0.1, -0.05) is 0 Å². The summed E-state index contributed by atoms with van der Waals surface area (Å²) in [4.78, 5) is 0. The molecule has 1 heterocycles. The zero-order chi connectivity index (χ0) is 11.9. The zero-order valence-electron chi connectivity index (χ0n) is 9.77. The highest BCUT2D eigenvalue weighted by atomic mass is 32.2. The predicted octanol–water partition coefficient (Wildman–Crippen LogP) is 1.25. The Morgan fingerprint density at radius 3 is 2.56 bits per heavy atom. The number of hydrogen-bond acceptors (Lipinski definition) is 3. The third-order valence-electron chi connectivity index (χ3n) is 2.75. The van der Waals surface area contributed by atoms with Crippen molar-refractivity contribution in [2.24, 2.45) is 0 Å². The van der Waals surface area contributed by atoms with Gasteiger partial charge in [0.25, 0.3) is 10.0 Å². The van der Waals surface area contributed by atoms with Gasteiger partial charge >= 0.3 is 0 Å². The number of aromatic nitrogens is 2. The molecule has 90 valence electrons. The number of sulfonamides is 1. The van der Waals surface area contributed by atoms with Gasteiger partial charge in [-0.05, 0) is 33.7 Å². The highest BCUT2D eigenvalue weighted by molar-refractivity contribution is 7.89. The van der Waals surface area contributed by atoms with Crippen molar-refractivity contribution in [1.82, 2.24) is 14.5 Å². The number of nitrogens with one attached hydrogen (secondary N) is 1. The first kappa shape index (κ1) is 11.6. The Bertz CT molecular complexity index is 486. The highest BCUT2D eigenvalue weighted by Gasteiger charge is 2.30. The Balaban J connectivity index is 2.49. The maximum atomic E-state index is 11.8. The molecule has 0 radical (unpaired) electrons. The predicted molar refractivity (Wildman–Crippen MR) is 60.8 cm³/mol. The Morgan fingerprint density at radius 2 is 2.12 bits per heavy atom. The molecular weight excluding hydrogens is 226 g/mol. The number of nitrogens with zero attached hydrogens (tertiary/aromatic N) is 2. The van der Waals surface area contributed by atoms with Gasteiger partial charge in [-0.3, -0.25) is 4.68 Å². The van der Waals surface area contributed by atoms with Gasteiger partial charge in [0.1, 0.15) is 0 Å². The van der Waals surface area contributed by atoms with Crippen LogP contribution in [-0.4, -0.2) is 25.2 Å². The molecule has 0 unspecified atom stereocenters. The van der Waals surface area contributed by atoms with E-state index in [2.05, 4.69) is 9.82 Å². The van der Waals surface area contributed by atoms with Crippen molar-refractivity contribution in [3.05, 3.63) is 11.8 Å². The third kappa shape index (κ3) is 1.99. The summed E-state index contributed by atoms with van der Waals surface area (Å²) in [7, 11) is -1.99. The van der Waals surface area contributed by atoms with E-state index >= 15 is 0 Å². The molecule has 1 fully saturated rings. The minimum atomic E-state index is -3.41. The van der Waals surface area contributed by atoms with E-state index in [1.165, 1.54) is 7.05 Å². The van der Waals surface area contributed by atoms with E-state index in [4.69, 9.17) is 0 Å². The molecule has 1 aliphatic carbocycles. The molecule has 0 bridgehead atoms. The Labute approximate surface area is 95.9 Å². The van der Waals surface area contributed by atoms with Gasteiger partial charge in [0.05, 0.1) is 5.69 Å². The lowest BCUT2D eigenvalue weighted by atomic mass is 10.3. The van der Waals surface area contributed by atoms with E-state index < -0.39 is 10.0 Å². The van der Waals surface area contributed by atoms with Crippen molar-refractivity contribution in [3.63, 3.8) is 0 Å². The topological polar surface area (TPSA) is 64.0 Å². The van der Waals surface area contributed by atoms with Crippen molar-refractivity contribution in [2.45, 2.75) is 43.7 Å². The quantitative estimate of drug-likeness (QED) is 0.865. The van der Waals surface area contributed by atoms with Crippen molar-refractivity contribution in [3.8, 4) is 0 Å². The zero-order valence-corrected chi connectivity index (χ0v) is 10.6. The average Bonchev–Trinajstić information content (AvgIpc) is 2.96. The van der Waals surface area contributed by atoms with E-state index in [-0.39, 0.29) is 11.1 Å². The minimum Gasteiger partial charge on any atom is -0.250 e. The standard InChI is InChI=1S/C10H17N3O2S/c1-7(2)13-10(16(14,15)11-3)6-9(12-13)8-4-5-8/h6-8,11H,4-5H2,1-3H3. The molecule has 0 spiro atoms. The van der Waals surface area contributed by atoms with Crippen LogP contribution in [0.3, 0.4) is 0 Å². The molecule has 1 saturated carbocycles. The van der Waals surface area contributed by atoms with Crippen LogP contribution in [0.25, 0.3) is 0 Å². The van der Waals surface area contributed by atoms with Crippen LogP contribution in [0.4, 0.5) is 0 Å². The molecule has 0 aromatic carbocycles. The summed E-state index contributed by atoms with van der Waals surface area (Å²) < 4.78 is 27.5. The van der Waals surface area contributed by atoms with Crippen LogP contribution in [0.15, 0.2) is 11.1 Å². The van der Waals surface area contributed by atoms with E-state index in [1.807, 2.05) is 13.8 Å². The van der Waals surface area contributed by atoms with Crippen LogP contribution in [0, 0.1) is 0 Å². The second-order valence-corrected chi connectivity index (χ2v) is 6.26. The second-order valence-electron chi connectivity index (χ2n) is 4.43. The van der Waals surface area contributed by atoms with Crippen LogP contribution in [0.2, 0.25) is 0 Å². The Kier molecular flexibility index (Phi) is 2.79. The lowest BCUT2D eigenvalue weighted by Crippen LogP contribution is -2.23. The first-order valence-electron chi connectivity index (χ1n) is 5.48. The fraction of sp³-hybridized carbons (Fsp3) is 0.700. The molecule has 5 nitrogen and oxygen atoms in total. The second kappa shape index (κ2) is 3.85. The van der Waals surface area contributed by atoms with Crippen molar-refractivity contribution < 1.29 is 8.42 Å². The molecule has 1 N–H and O–H groups in total. The Hall–Kier alpha value is -0.880. The van der Waals surface area contributed by atoms with Crippen molar-refractivity contribution >= 4 is 10.0 Å². The molecule has 0 atom stereocenters. The summed E-state index contributed by atoms with van der Waals surface area (Å²) in [5.74, 6) is 0.464. The minimum absolute atomic E-state index is 0.0469. The number of hydrogen-bond donors (Lipinski definition) is 1. The van der Waals surface area contributed by atoms with Gasteiger partial charge < -0.3 is 0 Å². The van der Waals surface area contributed by atoms with Gasteiger partial charge in [0.15, 0.2) is 5.03 Å². The van der Waals surface area contributed by atoms with Gasteiger partial charge in [-0.2, -0.15) is 5.10 Å². The lowest BCUT2D eigenvalue weighted by molar-refractivity contribution is 0.473. The normalized spacial score (nSPS) is 17.0. The maximum absolute atomic E-state index is 11.8. The lowest BCUT2D eigenvalue weighted by Gasteiger charge is -2.10. The molecule has 6 heteroatoms. The summed E-state index contributed by atoms with van der Waals surface area (Å²) in [6, 6.07) is 1.74. The fourth-order valence-electron chi connectivity index (χ4n) is 1.65. The first-order valence-corrected chi connectivity index (χ1v) is 6.97. The number of rotatable bonds is 4. The molecule has 1 aliphatic rings. The summed E-state index contributed by atoms with van der Waals surface area (Å²) in [5, 5.41) is 4.65. The molecule has 1 aromatic heterocycles. The third-order valence-corrected chi connectivity index (χ3v) is 4.14.